The van der Waals surface area contributed by atoms with Gasteiger partial charge in [-0.05, 0) is 54.8 Å². The molecule has 2 aromatic rings. The van der Waals surface area contributed by atoms with Crippen molar-refractivity contribution in [3.8, 4) is 0 Å². The fourth-order valence-corrected chi connectivity index (χ4v) is 3.49. The van der Waals surface area contributed by atoms with E-state index in [0.717, 1.165) is 22.9 Å². The minimum Gasteiger partial charge on any atom is -0.327 e. The van der Waals surface area contributed by atoms with E-state index in [1.165, 1.54) is 12.1 Å². The van der Waals surface area contributed by atoms with E-state index in [0.29, 0.717) is 30.9 Å². The number of nitrogens with zero attached hydrogens (tertiary/aromatic N) is 1. The van der Waals surface area contributed by atoms with Gasteiger partial charge in [0.15, 0.2) is 6.54 Å². The van der Waals surface area contributed by atoms with Gasteiger partial charge in [0.05, 0.1) is 26.2 Å². The maximum Gasteiger partial charge on any atom is 0.279 e. The number of halogens is 1. The molecular formula is C20H23FN3O2S+. The van der Waals surface area contributed by atoms with E-state index in [1.54, 1.807) is 23.9 Å². The summed E-state index contributed by atoms with van der Waals surface area (Å²) in [6.07, 6.45) is 2.01. The van der Waals surface area contributed by atoms with Crippen molar-refractivity contribution >= 4 is 29.3 Å². The van der Waals surface area contributed by atoms with Crippen LogP contribution in [0, 0.1) is 5.82 Å². The van der Waals surface area contributed by atoms with Crippen molar-refractivity contribution in [2.45, 2.75) is 4.90 Å². The second-order valence-electron chi connectivity index (χ2n) is 6.50. The van der Waals surface area contributed by atoms with Crippen LogP contribution in [0.1, 0.15) is 10.4 Å². The van der Waals surface area contributed by atoms with Crippen LogP contribution >= 0.6 is 11.8 Å². The van der Waals surface area contributed by atoms with Gasteiger partial charge < -0.3 is 15.1 Å². The maximum absolute atomic E-state index is 12.9. The molecular weight excluding hydrogens is 365 g/mol. The van der Waals surface area contributed by atoms with Crippen molar-refractivity contribution in [3.05, 3.63) is 59.9 Å². The van der Waals surface area contributed by atoms with Gasteiger partial charge in [-0.2, -0.15) is 0 Å². The van der Waals surface area contributed by atoms with Crippen molar-refractivity contribution in [2.75, 3.05) is 44.3 Å². The molecule has 1 heterocycles. The average Bonchev–Trinajstić information content (AvgIpc) is 2.70. The Kier molecular flexibility index (Phi) is 6.47. The van der Waals surface area contributed by atoms with Gasteiger partial charge in [0.2, 0.25) is 0 Å². The zero-order valence-corrected chi connectivity index (χ0v) is 16.0. The zero-order chi connectivity index (χ0) is 19.2. The molecule has 0 saturated carbocycles. The summed E-state index contributed by atoms with van der Waals surface area (Å²) in [7, 11) is 0. The van der Waals surface area contributed by atoms with Crippen LogP contribution in [0.3, 0.4) is 0 Å². The van der Waals surface area contributed by atoms with Gasteiger partial charge in [-0.3, -0.25) is 9.59 Å². The maximum atomic E-state index is 12.9. The smallest absolute Gasteiger partial charge is 0.279 e. The molecule has 3 rings (SSSR count). The molecule has 27 heavy (non-hydrogen) atoms. The van der Waals surface area contributed by atoms with Gasteiger partial charge >= 0.3 is 0 Å². The molecule has 1 aliphatic rings. The summed E-state index contributed by atoms with van der Waals surface area (Å²) >= 11 is 1.65. The molecule has 1 fully saturated rings. The third-order valence-electron chi connectivity index (χ3n) is 4.63. The molecule has 2 aromatic carbocycles. The molecule has 0 aromatic heterocycles. The lowest BCUT2D eigenvalue weighted by Gasteiger charge is -2.32. The van der Waals surface area contributed by atoms with Crippen LogP contribution in [-0.2, 0) is 4.79 Å². The first kappa shape index (κ1) is 19.4. The molecule has 2 N–H and O–H groups in total. The predicted octanol–water partition coefficient (Wildman–Crippen LogP) is 1.53. The minimum absolute atomic E-state index is 0.0393. The summed E-state index contributed by atoms with van der Waals surface area (Å²) in [6.45, 7) is 3.04. The Morgan fingerprint density at radius 1 is 1.07 bits per heavy atom. The number of nitrogens with one attached hydrogen (secondary N) is 2. The normalized spacial score (nSPS) is 14.8. The molecule has 0 bridgehead atoms. The first-order chi connectivity index (χ1) is 13.0. The predicted molar refractivity (Wildman–Crippen MR) is 105 cm³/mol. The highest BCUT2D eigenvalue weighted by Crippen LogP contribution is 2.16. The SMILES string of the molecule is CSc1ccc(C(=O)N2CC[NH+](CC(=O)Nc3ccc(F)cc3)CC2)cc1. The van der Waals surface area contributed by atoms with Gasteiger partial charge in [0, 0.05) is 16.1 Å². The largest absolute Gasteiger partial charge is 0.327 e. The molecule has 0 radical (unpaired) electrons. The van der Waals surface area contributed by atoms with E-state index in [1.807, 2.05) is 35.4 Å². The third-order valence-corrected chi connectivity index (χ3v) is 5.38. The van der Waals surface area contributed by atoms with Crippen LogP contribution in [0.25, 0.3) is 0 Å². The van der Waals surface area contributed by atoms with E-state index in [9.17, 15) is 14.0 Å². The summed E-state index contributed by atoms with van der Waals surface area (Å²) in [5.41, 5.74) is 1.29. The molecule has 0 atom stereocenters. The summed E-state index contributed by atoms with van der Waals surface area (Å²) in [4.78, 5) is 28.9. The number of benzene rings is 2. The van der Waals surface area contributed by atoms with Crippen molar-refractivity contribution in [1.82, 2.24) is 4.90 Å². The minimum atomic E-state index is -0.331. The van der Waals surface area contributed by atoms with Crippen LogP contribution in [-0.4, -0.2) is 55.7 Å². The number of anilines is 1. The summed E-state index contributed by atoms with van der Waals surface area (Å²) in [6, 6.07) is 13.4. The monoisotopic (exact) mass is 388 g/mol. The topological polar surface area (TPSA) is 53.9 Å². The lowest BCUT2D eigenvalue weighted by atomic mass is 10.2. The number of thioether (sulfide) groups is 1. The van der Waals surface area contributed by atoms with Crippen molar-refractivity contribution in [1.29, 1.82) is 0 Å². The van der Waals surface area contributed by atoms with E-state index in [-0.39, 0.29) is 17.6 Å². The Hall–Kier alpha value is -2.38. The average molecular weight is 388 g/mol. The van der Waals surface area contributed by atoms with Gasteiger partial charge in [-0.1, -0.05) is 0 Å². The molecule has 0 aliphatic carbocycles. The molecule has 0 unspecified atom stereocenters. The van der Waals surface area contributed by atoms with Crippen molar-refractivity contribution in [2.24, 2.45) is 0 Å². The first-order valence-electron chi connectivity index (χ1n) is 8.87. The van der Waals surface area contributed by atoms with E-state index in [2.05, 4.69) is 5.32 Å². The Morgan fingerprint density at radius 3 is 2.30 bits per heavy atom. The number of quaternary nitrogens is 1. The fraction of sp³-hybridized carbons (Fsp3) is 0.300. The fourth-order valence-electron chi connectivity index (χ4n) is 3.08. The van der Waals surface area contributed by atoms with Crippen LogP contribution in [0.15, 0.2) is 53.4 Å². The molecule has 1 aliphatic heterocycles. The van der Waals surface area contributed by atoms with E-state index >= 15 is 0 Å². The highest BCUT2D eigenvalue weighted by molar-refractivity contribution is 7.98. The Labute approximate surface area is 162 Å². The van der Waals surface area contributed by atoms with E-state index < -0.39 is 0 Å². The van der Waals surface area contributed by atoms with Gasteiger partial charge in [0.1, 0.15) is 5.82 Å². The number of amides is 2. The van der Waals surface area contributed by atoms with Gasteiger partial charge in [0.25, 0.3) is 11.8 Å². The van der Waals surface area contributed by atoms with E-state index in [4.69, 9.17) is 0 Å². The molecule has 5 nitrogen and oxygen atoms in total. The lowest BCUT2D eigenvalue weighted by molar-refractivity contribution is -0.895. The molecule has 0 spiro atoms. The summed E-state index contributed by atoms with van der Waals surface area (Å²) in [5.74, 6) is -0.399. The molecule has 142 valence electrons. The lowest BCUT2D eigenvalue weighted by Crippen LogP contribution is -3.15. The number of carbonyl (C=O) groups excluding carboxylic acids is 2. The first-order valence-corrected chi connectivity index (χ1v) is 10.1. The summed E-state index contributed by atoms with van der Waals surface area (Å²) < 4.78 is 12.9. The Bertz CT molecular complexity index is 788. The number of hydrogen-bond donors (Lipinski definition) is 2. The number of carbonyl (C=O) groups is 2. The third kappa shape index (κ3) is 5.30. The van der Waals surface area contributed by atoms with Crippen LogP contribution in [0.2, 0.25) is 0 Å². The number of rotatable bonds is 5. The highest BCUT2D eigenvalue weighted by Gasteiger charge is 2.25. The standard InChI is InChI=1S/C20H22FN3O2S/c1-27-18-8-2-15(3-9-18)20(26)24-12-10-23(11-13-24)14-19(25)22-17-6-4-16(21)5-7-17/h2-9H,10-14H2,1H3,(H,22,25)/p+1. The van der Waals surface area contributed by atoms with Crippen molar-refractivity contribution in [3.63, 3.8) is 0 Å². The van der Waals surface area contributed by atoms with Crippen LogP contribution < -0.4 is 10.2 Å². The molecule has 2 amide bonds. The Balaban J connectivity index is 1.47. The second-order valence-corrected chi connectivity index (χ2v) is 7.38. The molecule has 7 heteroatoms. The number of piperazine rings is 1. The highest BCUT2D eigenvalue weighted by atomic mass is 32.2. The zero-order valence-electron chi connectivity index (χ0n) is 15.2. The molecule has 1 saturated heterocycles. The number of hydrogen-bond acceptors (Lipinski definition) is 3. The van der Waals surface area contributed by atoms with Gasteiger partial charge in [-0.25, -0.2) is 4.39 Å². The van der Waals surface area contributed by atoms with Crippen LogP contribution in [0.4, 0.5) is 10.1 Å². The Morgan fingerprint density at radius 2 is 1.70 bits per heavy atom. The van der Waals surface area contributed by atoms with Crippen molar-refractivity contribution < 1.29 is 18.9 Å². The van der Waals surface area contributed by atoms with Crippen LogP contribution in [0.5, 0.6) is 0 Å². The summed E-state index contributed by atoms with van der Waals surface area (Å²) in [5, 5.41) is 2.78. The second kappa shape index (κ2) is 9.01. The quantitative estimate of drug-likeness (QED) is 0.764. The van der Waals surface area contributed by atoms with Gasteiger partial charge in [-0.15, -0.1) is 11.8 Å².